The van der Waals surface area contributed by atoms with E-state index in [4.69, 9.17) is 16.4 Å². The largest absolute Gasteiger partial charge is 0.425 e. The maximum atomic E-state index is 10.2. The Balaban J connectivity index is 3.47. The van der Waals surface area contributed by atoms with E-state index in [1.165, 1.54) is 0 Å². The third-order valence-corrected chi connectivity index (χ3v) is 1.17. The Bertz CT molecular complexity index is 383. The molecule has 4 N–H and O–H groups in total. The molecule has 0 atom stereocenters. The molecule has 1 aromatic rings. The second kappa shape index (κ2) is 2.49. The molecule has 0 fully saturated rings. The van der Waals surface area contributed by atoms with Crippen LogP contribution in [-0.2, 0) is 0 Å². The van der Waals surface area contributed by atoms with Crippen LogP contribution in [0.5, 0.6) is 0 Å². The molecule has 0 spiro atoms. The molecule has 0 unspecified atom stereocenters. The lowest BCUT2D eigenvalue weighted by atomic mass is 10.6. The van der Waals surface area contributed by atoms with E-state index in [0.717, 1.165) is 6.20 Å². The third-order valence-electron chi connectivity index (χ3n) is 1.17. The zero-order chi connectivity index (χ0) is 9.30. The van der Waals surface area contributed by atoms with Crippen molar-refractivity contribution in [1.82, 2.24) is 9.71 Å². The fraction of sp³-hybridized carbons (Fsp3) is 0. The number of nitro groups is 1. The number of hydrogen-bond acceptors (Lipinski definition) is 6. The highest BCUT2D eigenvalue weighted by Gasteiger charge is 2.16. The molecule has 8 nitrogen and oxygen atoms in total. The molecule has 1 heterocycles. The zero-order valence-electron chi connectivity index (χ0n) is 5.76. The summed E-state index contributed by atoms with van der Waals surface area (Å²) < 4.78 is 0.186. The van der Waals surface area contributed by atoms with Crippen LogP contribution < -0.4 is 11.2 Å². The summed E-state index contributed by atoms with van der Waals surface area (Å²) in [6, 6.07) is 0. The number of anilines is 1. The van der Waals surface area contributed by atoms with Crippen LogP contribution in [-0.4, -0.2) is 19.8 Å². The van der Waals surface area contributed by atoms with Gasteiger partial charge in [-0.15, -0.1) is 4.73 Å². The minimum atomic E-state index is -0.846. The van der Waals surface area contributed by atoms with Gasteiger partial charge in [0.05, 0.1) is 0 Å². The maximum Gasteiger partial charge on any atom is 0.407 e. The molecule has 0 aromatic carbocycles. The summed E-state index contributed by atoms with van der Waals surface area (Å²) in [6.07, 6.45) is 0.828. The van der Waals surface area contributed by atoms with Gasteiger partial charge in [-0.3, -0.25) is 5.41 Å². The van der Waals surface area contributed by atoms with Crippen LogP contribution >= 0.6 is 0 Å². The Morgan fingerprint density at radius 3 is 2.92 bits per heavy atom. The molecule has 0 radical (unpaired) electrons. The molecule has 0 aliphatic carbocycles. The SMILES string of the molecule is N=c1cnc([N+](=O)[O-])c(N)n1O. The van der Waals surface area contributed by atoms with Gasteiger partial charge in [0.25, 0.3) is 0 Å². The molecule has 0 bridgehead atoms. The molecule has 0 aliphatic heterocycles. The Morgan fingerprint density at radius 2 is 2.42 bits per heavy atom. The molecule has 0 aliphatic rings. The number of aromatic nitrogens is 2. The number of nitrogens with two attached hydrogens (primary N) is 1. The quantitative estimate of drug-likeness (QED) is 0.286. The highest BCUT2D eigenvalue weighted by Crippen LogP contribution is 2.12. The van der Waals surface area contributed by atoms with Gasteiger partial charge in [-0.1, -0.05) is 0 Å². The summed E-state index contributed by atoms with van der Waals surface area (Å²) in [5.41, 5.74) is 4.65. The van der Waals surface area contributed by atoms with Crippen LogP contribution in [0.15, 0.2) is 6.20 Å². The van der Waals surface area contributed by atoms with Gasteiger partial charge in [-0.25, -0.2) is 0 Å². The van der Waals surface area contributed by atoms with Crippen molar-refractivity contribution in [3.05, 3.63) is 21.8 Å². The van der Waals surface area contributed by atoms with E-state index < -0.39 is 22.0 Å². The molecular weight excluding hydrogens is 166 g/mol. The van der Waals surface area contributed by atoms with Gasteiger partial charge in [0.2, 0.25) is 11.3 Å². The summed E-state index contributed by atoms with van der Waals surface area (Å²) >= 11 is 0. The second-order valence-electron chi connectivity index (χ2n) is 1.92. The van der Waals surface area contributed by atoms with Gasteiger partial charge in [0, 0.05) is 0 Å². The highest BCUT2D eigenvalue weighted by molar-refractivity contribution is 5.45. The minimum absolute atomic E-state index is 0.186. The van der Waals surface area contributed by atoms with Crippen LogP contribution in [0.2, 0.25) is 0 Å². The van der Waals surface area contributed by atoms with Gasteiger partial charge in [0.15, 0.2) is 6.20 Å². The van der Waals surface area contributed by atoms with E-state index >= 15 is 0 Å². The molecule has 0 saturated heterocycles. The van der Waals surface area contributed by atoms with Crippen molar-refractivity contribution in [3.8, 4) is 0 Å². The second-order valence-corrected chi connectivity index (χ2v) is 1.92. The summed E-state index contributed by atoms with van der Waals surface area (Å²) in [6.45, 7) is 0. The van der Waals surface area contributed by atoms with E-state index in [-0.39, 0.29) is 4.73 Å². The number of nitrogens with one attached hydrogen (secondary N) is 1. The molecule has 8 heteroatoms. The zero-order valence-corrected chi connectivity index (χ0v) is 5.76. The first-order valence-corrected chi connectivity index (χ1v) is 2.80. The summed E-state index contributed by atoms with van der Waals surface area (Å²) in [7, 11) is 0. The Kier molecular flexibility index (Phi) is 1.66. The van der Waals surface area contributed by atoms with Gasteiger partial charge < -0.3 is 21.1 Å². The van der Waals surface area contributed by atoms with E-state index in [2.05, 4.69) is 4.98 Å². The predicted molar refractivity (Wildman–Crippen MR) is 36.3 cm³/mol. The van der Waals surface area contributed by atoms with Crippen LogP contribution in [0.1, 0.15) is 0 Å². The first-order valence-electron chi connectivity index (χ1n) is 2.80. The number of nitrogen functional groups attached to an aromatic ring is 1. The van der Waals surface area contributed by atoms with Crippen LogP contribution in [0, 0.1) is 15.5 Å². The van der Waals surface area contributed by atoms with Crippen molar-refractivity contribution < 1.29 is 10.1 Å². The summed E-state index contributed by atoms with van der Waals surface area (Å²) in [5, 5.41) is 26.0. The normalized spacial score (nSPS) is 9.67. The van der Waals surface area contributed by atoms with Gasteiger partial charge in [0.1, 0.15) is 0 Å². The first kappa shape index (κ1) is 7.98. The first-order chi connectivity index (χ1) is 5.54. The minimum Gasteiger partial charge on any atom is -0.425 e. The van der Waals surface area contributed by atoms with Gasteiger partial charge in [-0.2, -0.15) is 0 Å². The third kappa shape index (κ3) is 1.05. The summed E-state index contributed by atoms with van der Waals surface area (Å²) in [4.78, 5) is 12.6. The van der Waals surface area contributed by atoms with Crippen molar-refractivity contribution in [2.45, 2.75) is 0 Å². The molecule has 64 valence electrons. The smallest absolute Gasteiger partial charge is 0.407 e. The molecule has 0 amide bonds. The van der Waals surface area contributed by atoms with Crippen molar-refractivity contribution in [3.63, 3.8) is 0 Å². The van der Waals surface area contributed by atoms with E-state index in [1.54, 1.807) is 0 Å². The topological polar surface area (TPSA) is 131 Å². The standard InChI is InChI=1S/C4H5N5O3/c5-2-1-7-4(9(11)12)3(6)8(2)10/h1,5,10H,6H2. The molecule has 0 saturated carbocycles. The van der Waals surface area contributed by atoms with E-state index in [9.17, 15) is 10.1 Å². The lowest BCUT2D eigenvalue weighted by Gasteiger charge is -2.00. The molecule has 1 aromatic heterocycles. The van der Waals surface area contributed by atoms with Gasteiger partial charge in [-0.05, 0) is 9.91 Å². The van der Waals surface area contributed by atoms with E-state index in [1.807, 2.05) is 0 Å². The van der Waals surface area contributed by atoms with Crippen LogP contribution in [0.4, 0.5) is 11.6 Å². The number of hydrogen-bond donors (Lipinski definition) is 3. The van der Waals surface area contributed by atoms with Crippen LogP contribution in [0.25, 0.3) is 0 Å². The van der Waals surface area contributed by atoms with Crippen LogP contribution in [0.3, 0.4) is 0 Å². The van der Waals surface area contributed by atoms with E-state index in [0.29, 0.717) is 0 Å². The molecular formula is C4H5N5O3. The average molecular weight is 171 g/mol. The fourth-order valence-electron chi connectivity index (χ4n) is 0.608. The Hall–Kier alpha value is -2.12. The lowest BCUT2D eigenvalue weighted by Crippen LogP contribution is -2.22. The Labute approximate surface area is 65.5 Å². The van der Waals surface area contributed by atoms with Crippen molar-refractivity contribution in [2.24, 2.45) is 0 Å². The Morgan fingerprint density at radius 1 is 1.83 bits per heavy atom. The molecule has 12 heavy (non-hydrogen) atoms. The fourth-order valence-corrected chi connectivity index (χ4v) is 0.608. The van der Waals surface area contributed by atoms with Gasteiger partial charge >= 0.3 is 5.82 Å². The monoisotopic (exact) mass is 171 g/mol. The molecule has 1 rings (SSSR count). The van der Waals surface area contributed by atoms with Crippen molar-refractivity contribution in [1.29, 1.82) is 5.41 Å². The van der Waals surface area contributed by atoms with Crippen molar-refractivity contribution >= 4 is 11.6 Å². The average Bonchev–Trinajstić information content (AvgIpc) is 2.00. The maximum absolute atomic E-state index is 10.2. The lowest BCUT2D eigenvalue weighted by molar-refractivity contribution is -0.389. The summed E-state index contributed by atoms with van der Waals surface area (Å²) in [5.74, 6) is -1.24. The highest BCUT2D eigenvalue weighted by atomic mass is 16.6. The number of rotatable bonds is 1. The predicted octanol–water partition coefficient (Wildman–Crippen LogP) is -0.910. The number of nitrogens with zero attached hydrogens (tertiary/aromatic N) is 3. The van der Waals surface area contributed by atoms with Crippen molar-refractivity contribution in [2.75, 3.05) is 5.73 Å².